The van der Waals surface area contributed by atoms with Gasteiger partial charge >= 0.3 is 58.4 Å². The van der Waals surface area contributed by atoms with E-state index in [0.717, 1.165) is 6.42 Å². The van der Waals surface area contributed by atoms with Crippen LogP contribution >= 0.6 is 0 Å². The zero-order chi connectivity index (χ0) is 8.33. The van der Waals surface area contributed by atoms with E-state index in [1.54, 1.807) is 0 Å². The summed E-state index contributed by atoms with van der Waals surface area (Å²) in [5.41, 5.74) is 0.122. The van der Waals surface area contributed by atoms with Crippen LogP contribution in [0.5, 0.6) is 0 Å². The van der Waals surface area contributed by atoms with Crippen molar-refractivity contribution in [3.8, 4) is 0 Å². The predicted octanol–water partition coefficient (Wildman–Crippen LogP) is 0.172. The van der Waals surface area contributed by atoms with E-state index in [0.29, 0.717) is 19.3 Å². The van der Waals surface area contributed by atoms with E-state index < -0.39 is 12.3 Å². The van der Waals surface area contributed by atoms with Crippen molar-refractivity contribution in [2.24, 2.45) is 5.41 Å². The normalized spacial score (nSPS) is 44.0. The smallest absolute Gasteiger partial charge is 0.449 e. The minimum atomic E-state index is -4.54. The molecular weight excluding hydrogens is 191 g/mol. The van der Waals surface area contributed by atoms with Crippen LogP contribution in [0.15, 0.2) is 0 Å². The fourth-order valence-electron chi connectivity index (χ4n) is 2.81. The molecule has 0 saturated heterocycles. The van der Waals surface area contributed by atoms with Crippen LogP contribution < -0.4 is 51.4 Å². The van der Waals surface area contributed by atoms with E-state index in [4.69, 9.17) is 0 Å². The minimum Gasteiger partial charge on any atom is -0.449 e. The molecule has 0 heterocycles. The molecule has 3 aliphatic carbocycles. The topological polar surface area (TPSA) is 0 Å². The molecule has 0 unspecified atom stereocenters. The van der Waals surface area contributed by atoms with Gasteiger partial charge in [0, 0.05) is 0 Å². The summed E-state index contributed by atoms with van der Waals surface area (Å²) in [7, 11) is 0. The van der Waals surface area contributed by atoms with Crippen LogP contribution in [0.4, 0.5) is 12.9 Å². The van der Waals surface area contributed by atoms with Gasteiger partial charge < -0.3 is 12.9 Å². The average Bonchev–Trinajstić information content (AvgIpc) is 1.53. The first-order valence-electron chi connectivity index (χ1n) is 4.13. The number of hydrogen-bond donors (Lipinski definition) is 0. The fourth-order valence-corrected chi connectivity index (χ4v) is 2.81. The number of hydrogen-bond acceptors (Lipinski definition) is 0. The first-order chi connectivity index (χ1) is 4.93. The van der Waals surface area contributed by atoms with Gasteiger partial charge in [0.25, 0.3) is 0 Å². The van der Waals surface area contributed by atoms with Gasteiger partial charge in [0.15, 0.2) is 0 Å². The Bertz CT molecular complexity index is 182. The first kappa shape index (κ1) is 11.6. The quantitative estimate of drug-likeness (QED) is 0.560. The molecule has 0 radical (unpaired) electrons. The van der Waals surface area contributed by atoms with Crippen molar-refractivity contribution in [2.45, 2.75) is 37.9 Å². The maximum Gasteiger partial charge on any atom is 1.00 e. The van der Waals surface area contributed by atoms with Gasteiger partial charge in [0.05, 0.1) is 0 Å². The van der Waals surface area contributed by atoms with Crippen LogP contribution in [0.3, 0.4) is 0 Å². The molecule has 0 aliphatic heterocycles. The summed E-state index contributed by atoms with van der Waals surface area (Å²) < 4.78 is 36.9. The van der Waals surface area contributed by atoms with Crippen molar-refractivity contribution in [1.82, 2.24) is 0 Å². The summed E-state index contributed by atoms with van der Waals surface area (Å²) in [6.07, 6.45) is 2.22. The Hall–Kier alpha value is 1.49. The molecule has 3 aliphatic rings. The minimum absolute atomic E-state index is 0. The average molecular weight is 202 g/mol. The molecule has 5 heteroatoms. The fraction of sp³-hybridized carbons (Fsp3) is 1.00. The van der Waals surface area contributed by atoms with E-state index in [1.165, 1.54) is 0 Å². The molecule has 0 N–H and O–H groups in total. The van der Waals surface area contributed by atoms with E-state index in [1.807, 2.05) is 6.92 Å². The molecular formula is C7H11BF3K. The van der Waals surface area contributed by atoms with Crippen LogP contribution in [0.1, 0.15) is 32.6 Å². The molecule has 2 bridgehead atoms. The molecule has 0 aromatic rings. The standard InChI is InChI=1S/C7H11BF3.K/c1-2-6-3-7(4-6,5-6)8(9,10)11;/h2-5H2,1H3;/q-1;+1. The summed E-state index contributed by atoms with van der Waals surface area (Å²) >= 11 is 0. The molecule has 0 amide bonds. The van der Waals surface area contributed by atoms with Crippen LogP contribution in [0.25, 0.3) is 0 Å². The van der Waals surface area contributed by atoms with Crippen molar-refractivity contribution >= 4 is 6.98 Å². The monoisotopic (exact) mass is 202 g/mol. The van der Waals surface area contributed by atoms with E-state index in [9.17, 15) is 12.9 Å². The Morgan fingerprint density at radius 3 is 1.83 bits per heavy atom. The molecule has 0 nitrogen and oxygen atoms in total. The third kappa shape index (κ3) is 1.28. The third-order valence-corrected chi connectivity index (χ3v) is 3.63. The van der Waals surface area contributed by atoms with Crippen molar-refractivity contribution in [1.29, 1.82) is 0 Å². The van der Waals surface area contributed by atoms with Crippen molar-refractivity contribution in [3.05, 3.63) is 0 Å². The summed E-state index contributed by atoms with van der Waals surface area (Å²) in [5, 5.41) is -1.17. The summed E-state index contributed by atoms with van der Waals surface area (Å²) in [6, 6.07) is 0. The van der Waals surface area contributed by atoms with E-state index in [-0.39, 0.29) is 56.8 Å². The van der Waals surface area contributed by atoms with Crippen LogP contribution in [0, 0.1) is 5.41 Å². The number of rotatable bonds is 2. The van der Waals surface area contributed by atoms with Gasteiger partial charge in [-0.15, -0.1) is 0 Å². The van der Waals surface area contributed by atoms with E-state index in [2.05, 4.69) is 0 Å². The molecule has 3 rings (SSSR count). The summed E-state index contributed by atoms with van der Waals surface area (Å²) in [5.74, 6) is 0. The molecule has 0 aromatic heterocycles. The van der Waals surface area contributed by atoms with Gasteiger partial charge in [-0.3, -0.25) is 0 Å². The van der Waals surface area contributed by atoms with Crippen molar-refractivity contribution in [3.63, 3.8) is 0 Å². The van der Waals surface area contributed by atoms with Crippen LogP contribution in [-0.4, -0.2) is 6.98 Å². The SMILES string of the molecule is CCC12CC([B-](F)(F)F)(C1)C2.[K+]. The molecule has 64 valence electrons. The third-order valence-electron chi connectivity index (χ3n) is 3.63. The maximum atomic E-state index is 12.3. The molecule has 0 spiro atoms. The predicted molar refractivity (Wildman–Crippen MR) is 38.3 cm³/mol. The first-order valence-corrected chi connectivity index (χ1v) is 4.13. The molecule has 3 fully saturated rings. The summed E-state index contributed by atoms with van der Waals surface area (Å²) in [4.78, 5) is 0. The molecule has 3 saturated carbocycles. The van der Waals surface area contributed by atoms with Crippen molar-refractivity contribution in [2.75, 3.05) is 0 Å². The zero-order valence-electron chi connectivity index (χ0n) is 7.54. The second kappa shape index (κ2) is 2.99. The van der Waals surface area contributed by atoms with Gasteiger partial charge in [-0.05, 0) is 5.41 Å². The Morgan fingerprint density at radius 2 is 1.58 bits per heavy atom. The zero-order valence-corrected chi connectivity index (χ0v) is 10.7. The van der Waals surface area contributed by atoms with Crippen LogP contribution in [0.2, 0.25) is 5.31 Å². The Kier molecular flexibility index (Phi) is 2.88. The van der Waals surface area contributed by atoms with Crippen molar-refractivity contribution < 1.29 is 64.3 Å². The Balaban J connectivity index is 0.000000720. The molecule has 12 heavy (non-hydrogen) atoms. The van der Waals surface area contributed by atoms with Gasteiger partial charge in [0.2, 0.25) is 0 Å². The van der Waals surface area contributed by atoms with Gasteiger partial charge in [0.1, 0.15) is 0 Å². The van der Waals surface area contributed by atoms with E-state index >= 15 is 0 Å². The molecule has 0 atom stereocenters. The second-order valence-corrected chi connectivity index (χ2v) is 4.32. The maximum absolute atomic E-state index is 12.3. The summed E-state index contributed by atoms with van der Waals surface area (Å²) in [6.45, 7) is -2.55. The van der Waals surface area contributed by atoms with Crippen LogP contribution in [-0.2, 0) is 0 Å². The van der Waals surface area contributed by atoms with Gasteiger partial charge in [-0.2, -0.15) is 0 Å². The molecule has 0 aromatic carbocycles. The Labute approximate surface area is 113 Å². The van der Waals surface area contributed by atoms with Gasteiger partial charge in [-0.25, -0.2) is 0 Å². The number of halogens is 3. The van der Waals surface area contributed by atoms with Gasteiger partial charge in [-0.1, -0.05) is 37.9 Å². The second-order valence-electron chi connectivity index (χ2n) is 4.32. The Morgan fingerprint density at radius 1 is 1.17 bits per heavy atom. The largest absolute Gasteiger partial charge is 1.00 e.